The maximum Gasteiger partial charge on any atom is 0.432 e. The van der Waals surface area contributed by atoms with E-state index in [9.17, 15) is 4.57 Å². The molecular weight excluding hydrogens is 488 g/mol. The smallest absolute Gasteiger partial charge is 0.292 e. The van der Waals surface area contributed by atoms with Gasteiger partial charge >= 0.3 is 7.75 Å². The molecule has 1 N–H and O–H groups in total. The van der Waals surface area contributed by atoms with Crippen LogP contribution in [0.3, 0.4) is 0 Å². The molecule has 150 valence electrons. The van der Waals surface area contributed by atoms with Crippen molar-refractivity contribution >= 4 is 83.0 Å². The molecule has 0 fully saturated rings. The highest BCUT2D eigenvalue weighted by atomic mass is 35.6. The summed E-state index contributed by atoms with van der Waals surface area (Å²) in [6.45, 7) is 4.39. The third-order valence-corrected chi connectivity index (χ3v) is 6.26. The van der Waals surface area contributed by atoms with Crippen LogP contribution in [0.2, 0.25) is 15.2 Å². The average molecular weight is 507 g/mol. The minimum absolute atomic E-state index is 0.0361. The molecule has 0 unspecified atom stereocenters. The molecule has 0 aliphatic heterocycles. The highest BCUT2D eigenvalue weighted by molar-refractivity contribution is 7.55. The molecule has 5 nitrogen and oxygen atoms in total. The van der Waals surface area contributed by atoms with Crippen LogP contribution < -0.4 is 5.09 Å². The second-order valence-corrected chi connectivity index (χ2v) is 10.4. The summed E-state index contributed by atoms with van der Waals surface area (Å²) in [5.74, 6) is 0. The predicted molar refractivity (Wildman–Crippen MR) is 111 cm³/mol. The number of unbranched alkanes of at least 4 members (excludes halogenated alkanes) is 2. The quantitative estimate of drug-likeness (QED) is 0.151. The number of aromatic nitrogens is 1. The van der Waals surface area contributed by atoms with Crippen molar-refractivity contribution < 1.29 is 13.6 Å². The second kappa shape index (κ2) is 11.1. The van der Waals surface area contributed by atoms with E-state index in [0.29, 0.717) is 12.8 Å². The van der Waals surface area contributed by atoms with E-state index in [4.69, 9.17) is 78.7 Å². The number of nitrogens with one attached hydrogen (secondary N) is 1. The molecule has 0 saturated carbocycles. The van der Waals surface area contributed by atoms with Gasteiger partial charge in [0.15, 0.2) is 0 Å². The molecular formula is C14H19Cl6N2O3P. The molecule has 0 spiro atoms. The van der Waals surface area contributed by atoms with Gasteiger partial charge in [-0.25, -0.2) is 9.55 Å². The van der Waals surface area contributed by atoms with Crippen LogP contribution in [0.25, 0.3) is 0 Å². The minimum Gasteiger partial charge on any atom is -0.292 e. The fraction of sp³-hybridized carbons (Fsp3) is 0.643. The molecule has 0 amide bonds. The van der Waals surface area contributed by atoms with Crippen LogP contribution in [-0.2, 0) is 17.4 Å². The second-order valence-electron chi connectivity index (χ2n) is 5.23. The molecule has 0 atom stereocenters. The molecule has 1 heterocycles. The number of nitrogens with zero attached hydrogens (tertiary/aromatic N) is 1. The Hall–Kier alpha value is 0.840. The van der Waals surface area contributed by atoms with Crippen molar-refractivity contribution in [3.8, 4) is 0 Å². The summed E-state index contributed by atoms with van der Waals surface area (Å²) in [6, 6.07) is 0. The van der Waals surface area contributed by atoms with E-state index in [-0.39, 0.29) is 39.8 Å². The van der Waals surface area contributed by atoms with Crippen LogP contribution in [-0.4, -0.2) is 18.2 Å². The first-order chi connectivity index (χ1) is 12.1. The van der Waals surface area contributed by atoms with Crippen molar-refractivity contribution in [1.29, 1.82) is 0 Å². The number of hydrogen-bond acceptors (Lipinski definition) is 4. The maximum absolute atomic E-state index is 13.1. The molecule has 0 aromatic carbocycles. The summed E-state index contributed by atoms with van der Waals surface area (Å²) in [5, 5.41) is 2.21. The lowest BCUT2D eigenvalue weighted by Gasteiger charge is -2.23. The molecule has 0 bridgehead atoms. The van der Waals surface area contributed by atoms with Gasteiger partial charge in [-0.15, -0.1) is 0 Å². The molecule has 0 saturated heterocycles. The largest absolute Gasteiger partial charge is 0.432 e. The van der Waals surface area contributed by atoms with E-state index < -0.39 is 11.5 Å². The Bertz CT molecular complexity index is 643. The summed E-state index contributed by atoms with van der Waals surface area (Å²) in [7, 11) is -3.78. The van der Waals surface area contributed by atoms with Crippen molar-refractivity contribution in [3.05, 3.63) is 20.9 Å². The van der Waals surface area contributed by atoms with Crippen LogP contribution in [0, 0.1) is 0 Å². The van der Waals surface area contributed by atoms with Crippen molar-refractivity contribution in [1.82, 2.24) is 4.98 Å². The monoisotopic (exact) mass is 504 g/mol. The third-order valence-electron chi connectivity index (χ3n) is 3.07. The molecule has 1 aromatic rings. The standard InChI is InChI=1S/C14H19Cl6N2O3P/c1-3-5-7-24-26(23,25-8-6-4-2)22-11-9(15)12(14(18,19)20)21-13(17)10(11)16/h3-8H2,1-2H3,(H,21,22,23). The highest BCUT2D eigenvalue weighted by Crippen LogP contribution is 2.54. The number of alkyl halides is 3. The lowest BCUT2D eigenvalue weighted by molar-refractivity contribution is 0.204. The molecule has 0 aliphatic rings. The van der Waals surface area contributed by atoms with Gasteiger partial charge in [0.2, 0.25) is 3.79 Å². The van der Waals surface area contributed by atoms with Gasteiger partial charge in [-0.3, -0.25) is 14.1 Å². The Kier molecular flexibility index (Phi) is 10.7. The molecule has 26 heavy (non-hydrogen) atoms. The number of pyridine rings is 1. The Labute approximate surface area is 183 Å². The summed E-state index contributed by atoms with van der Waals surface area (Å²) < 4.78 is 22.0. The lowest BCUT2D eigenvalue weighted by Crippen LogP contribution is -2.11. The van der Waals surface area contributed by atoms with Crippen LogP contribution in [0.4, 0.5) is 5.69 Å². The van der Waals surface area contributed by atoms with Gasteiger partial charge in [0.25, 0.3) is 0 Å². The molecule has 0 radical (unpaired) electrons. The van der Waals surface area contributed by atoms with E-state index in [1.165, 1.54) is 0 Å². The van der Waals surface area contributed by atoms with Crippen molar-refractivity contribution in [2.45, 2.75) is 43.3 Å². The van der Waals surface area contributed by atoms with E-state index >= 15 is 0 Å². The summed E-state index contributed by atoms with van der Waals surface area (Å²) in [4.78, 5) is 3.88. The van der Waals surface area contributed by atoms with Gasteiger partial charge in [0.05, 0.1) is 23.9 Å². The summed E-state index contributed by atoms with van der Waals surface area (Å²) >= 11 is 36.0. The Morgan fingerprint density at radius 1 is 1.00 bits per heavy atom. The molecule has 1 rings (SSSR count). The fourth-order valence-electron chi connectivity index (χ4n) is 1.70. The third kappa shape index (κ3) is 7.35. The van der Waals surface area contributed by atoms with E-state index in [2.05, 4.69) is 10.1 Å². The van der Waals surface area contributed by atoms with Gasteiger partial charge in [-0.1, -0.05) is 96.3 Å². The Morgan fingerprint density at radius 3 is 1.92 bits per heavy atom. The lowest BCUT2D eigenvalue weighted by atomic mass is 10.3. The molecule has 1 aromatic heterocycles. The van der Waals surface area contributed by atoms with Crippen LogP contribution in [0.15, 0.2) is 0 Å². The molecule has 12 heteroatoms. The maximum atomic E-state index is 13.1. The normalized spacial score (nSPS) is 12.5. The van der Waals surface area contributed by atoms with Crippen LogP contribution in [0.1, 0.15) is 45.2 Å². The Morgan fingerprint density at radius 2 is 1.50 bits per heavy atom. The number of hydrogen-bond donors (Lipinski definition) is 1. The average Bonchev–Trinajstić information content (AvgIpc) is 2.54. The number of anilines is 1. The highest BCUT2D eigenvalue weighted by Gasteiger charge is 2.34. The van der Waals surface area contributed by atoms with Crippen molar-refractivity contribution in [2.24, 2.45) is 0 Å². The molecule has 0 aliphatic carbocycles. The number of rotatable bonds is 10. The fourth-order valence-corrected chi connectivity index (χ4v) is 4.56. The van der Waals surface area contributed by atoms with E-state index in [1.54, 1.807) is 0 Å². The topological polar surface area (TPSA) is 60.5 Å². The van der Waals surface area contributed by atoms with E-state index in [1.807, 2.05) is 13.8 Å². The summed E-state index contributed by atoms with van der Waals surface area (Å²) in [5.41, 5.74) is -0.194. The number of halogens is 6. The zero-order valence-electron chi connectivity index (χ0n) is 14.1. The van der Waals surface area contributed by atoms with E-state index in [0.717, 1.165) is 12.8 Å². The zero-order valence-corrected chi connectivity index (χ0v) is 19.6. The van der Waals surface area contributed by atoms with Gasteiger partial charge in [-0.2, -0.15) is 0 Å². The van der Waals surface area contributed by atoms with Crippen LogP contribution >= 0.6 is 77.4 Å². The first-order valence-corrected chi connectivity index (χ1v) is 11.7. The zero-order chi connectivity index (χ0) is 20.0. The predicted octanol–water partition coefficient (Wildman–Crippen LogP) is 8.02. The van der Waals surface area contributed by atoms with Crippen LogP contribution in [0.5, 0.6) is 0 Å². The first kappa shape index (κ1) is 24.9. The van der Waals surface area contributed by atoms with Crippen molar-refractivity contribution in [2.75, 3.05) is 18.3 Å². The summed E-state index contributed by atoms with van der Waals surface area (Å²) in [6.07, 6.45) is 3.10. The van der Waals surface area contributed by atoms with Gasteiger partial charge < -0.3 is 0 Å². The SMILES string of the molecule is CCCCOP(=O)(Nc1c(Cl)c(Cl)nc(C(Cl)(Cl)Cl)c1Cl)OCCCC. The first-order valence-electron chi connectivity index (χ1n) is 7.84. The van der Waals surface area contributed by atoms with Gasteiger partial charge in [0.1, 0.15) is 15.9 Å². The van der Waals surface area contributed by atoms with Crippen molar-refractivity contribution in [3.63, 3.8) is 0 Å². The van der Waals surface area contributed by atoms with Gasteiger partial charge in [-0.05, 0) is 12.8 Å². The van der Waals surface area contributed by atoms with Gasteiger partial charge in [0, 0.05) is 0 Å². The Balaban J connectivity index is 3.24. The minimum atomic E-state index is -3.78.